The Kier molecular flexibility index (Phi) is 8.83. The molecular weight excluding hydrogens is 623 g/mol. The summed E-state index contributed by atoms with van der Waals surface area (Å²) in [6.07, 6.45) is -2.34. The number of benzene rings is 2. The van der Waals surface area contributed by atoms with Gasteiger partial charge in [-0.05, 0) is 75.6 Å². The Morgan fingerprint density at radius 1 is 1.13 bits per heavy atom. The molecule has 2 aromatic heterocycles. The van der Waals surface area contributed by atoms with Crippen LogP contribution in [0.2, 0.25) is 0 Å². The molecule has 1 aliphatic heterocycles. The molecule has 1 amide bonds. The first-order chi connectivity index (χ1) is 21.4. The molecule has 5 rings (SSSR count). The van der Waals surface area contributed by atoms with Crippen molar-refractivity contribution in [2.45, 2.75) is 58.0 Å². The van der Waals surface area contributed by atoms with Crippen molar-refractivity contribution in [2.24, 2.45) is 0 Å². The highest BCUT2D eigenvalue weighted by atomic mass is 32.1. The van der Waals surface area contributed by atoms with E-state index in [1.807, 2.05) is 4.90 Å². The molecule has 10 nitrogen and oxygen atoms in total. The molecule has 1 unspecified atom stereocenters. The number of ether oxygens (including phenoxy) is 1. The molecule has 1 atom stereocenters. The molecule has 0 aliphatic carbocycles. The second-order valence-corrected chi connectivity index (χ2v) is 13.7. The van der Waals surface area contributed by atoms with Crippen molar-refractivity contribution in [1.82, 2.24) is 20.1 Å². The summed E-state index contributed by atoms with van der Waals surface area (Å²) in [4.78, 5) is 20.6. The Balaban J connectivity index is 1.57. The van der Waals surface area contributed by atoms with E-state index in [1.54, 1.807) is 45.2 Å². The van der Waals surface area contributed by atoms with Crippen LogP contribution in [-0.4, -0.2) is 79.4 Å². The van der Waals surface area contributed by atoms with Crippen LogP contribution in [0.5, 0.6) is 5.88 Å². The Morgan fingerprint density at radius 3 is 2.52 bits per heavy atom. The first-order valence-electron chi connectivity index (χ1n) is 14.6. The molecule has 2 aromatic carbocycles. The number of amides is 1. The summed E-state index contributed by atoms with van der Waals surface area (Å²) in [5.74, 6) is -0.379. The zero-order valence-electron chi connectivity index (χ0n) is 26.0. The number of aliphatic hydroxyl groups excluding tert-OH is 1. The van der Waals surface area contributed by atoms with Gasteiger partial charge in [0.15, 0.2) is 5.13 Å². The fourth-order valence-electron chi connectivity index (χ4n) is 5.21. The SMILES string of the molecule is CC(C)(C)OC(=O)N1CCN(c2nc(O)c(C(=Cc3ccc(C(C)(C)O)cc3C(F)(F)F)c3ccc4[nH]ncc4c3)s2)CC1CO. The number of aromatic hydroxyl groups is 1. The van der Waals surface area contributed by atoms with Gasteiger partial charge in [0.05, 0.1) is 35.5 Å². The third kappa shape index (κ3) is 7.13. The summed E-state index contributed by atoms with van der Waals surface area (Å²) in [5, 5.41) is 39.6. The lowest BCUT2D eigenvalue weighted by Crippen LogP contribution is -2.57. The van der Waals surface area contributed by atoms with Crippen LogP contribution < -0.4 is 4.90 Å². The van der Waals surface area contributed by atoms with Crippen LogP contribution in [-0.2, 0) is 16.5 Å². The monoisotopic (exact) mass is 659 g/mol. The van der Waals surface area contributed by atoms with E-state index in [1.165, 1.54) is 37.0 Å². The van der Waals surface area contributed by atoms with Crippen LogP contribution in [0.3, 0.4) is 0 Å². The fraction of sp³-hybridized carbons (Fsp3) is 0.406. The van der Waals surface area contributed by atoms with E-state index in [0.717, 1.165) is 22.9 Å². The molecule has 1 fully saturated rings. The number of H-pyrrole nitrogens is 1. The number of fused-ring (bicyclic) bond motifs is 1. The number of piperazine rings is 1. The summed E-state index contributed by atoms with van der Waals surface area (Å²) >= 11 is 1.08. The number of alkyl halides is 3. The zero-order valence-corrected chi connectivity index (χ0v) is 26.8. The Morgan fingerprint density at radius 2 is 1.87 bits per heavy atom. The third-order valence-electron chi connectivity index (χ3n) is 7.55. The topological polar surface area (TPSA) is 135 Å². The van der Waals surface area contributed by atoms with E-state index < -0.39 is 35.1 Å². The molecule has 4 aromatic rings. The van der Waals surface area contributed by atoms with Gasteiger partial charge in [0.2, 0.25) is 5.88 Å². The van der Waals surface area contributed by atoms with E-state index in [4.69, 9.17) is 4.74 Å². The molecule has 0 spiro atoms. The van der Waals surface area contributed by atoms with E-state index >= 15 is 0 Å². The number of nitrogens with zero attached hydrogens (tertiary/aromatic N) is 4. The lowest BCUT2D eigenvalue weighted by molar-refractivity contribution is -0.137. The molecule has 14 heteroatoms. The van der Waals surface area contributed by atoms with E-state index in [-0.39, 0.29) is 47.2 Å². The number of thiazole rings is 1. The number of hydrogen-bond donors (Lipinski definition) is 4. The van der Waals surface area contributed by atoms with Crippen molar-refractivity contribution in [1.29, 1.82) is 0 Å². The van der Waals surface area contributed by atoms with Crippen molar-refractivity contribution in [3.8, 4) is 5.88 Å². The molecule has 1 aliphatic rings. The number of anilines is 1. The van der Waals surface area contributed by atoms with Crippen molar-refractivity contribution < 1.29 is 38.0 Å². The lowest BCUT2D eigenvalue weighted by Gasteiger charge is -2.40. The number of nitrogens with one attached hydrogen (secondary N) is 1. The second-order valence-electron chi connectivity index (χ2n) is 12.7. The normalized spacial score (nSPS) is 16.7. The highest BCUT2D eigenvalue weighted by Gasteiger charge is 2.36. The third-order valence-corrected chi connectivity index (χ3v) is 8.69. The highest BCUT2D eigenvalue weighted by Crippen LogP contribution is 2.43. The predicted molar refractivity (Wildman–Crippen MR) is 170 cm³/mol. The Hall–Kier alpha value is -4.14. The average molecular weight is 660 g/mol. The van der Waals surface area contributed by atoms with Gasteiger partial charge in [0.25, 0.3) is 0 Å². The maximum absolute atomic E-state index is 14.4. The van der Waals surface area contributed by atoms with Gasteiger partial charge in [-0.1, -0.05) is 29.5 Å². The van der Waals surface area contributed by atoms with Crippen molar-refractivity contribution >= 4 is 45.1 Å². The average Bonchev–Trinajstić information content (AvgIpc) is 3.59. The number of aromatic amines is 1. The molecule has 0 radical (unpaired) electrons. The van der Waals surface area contributed by atoms with Crippen LogP contribution in [0.25, 0.3) is 22.6 Å². The number of carbonyl (C=O) groups is 1. The first-order valence-corrected chi connectivity index (χ1v) is 15.4. The molecular formula is C32H36F3N5O5S. The number of halogens is 3. The molecule has 0 bridgehead atoms. The van der Waals surface area contributed by atoms with Crippen LogP contribution >= 0.6 is 11.3 Å². The summed E-state index contributed by atoms with van der Waals surface area (Å²) < 4.78 is 48.6. The van der Waals surface area contributed by atoms with Gasteiger partial charge in [-0.25, -0.2) is 4.79 Å². The molecule has 3 heterocycles. The maximum Gasteiger partial charge on any atom is 0.416 e. The largest absolute Gasteiger partial charge is 0.492 e. The van der Waals surface area contributed by atoms with Crippen LogP contribution in [0.4, 0.5) is 23.1 Å². The van der Waals surface area contributed by atoms with Gasteiger partial charge >= 0.3 is 12.3 Å². The standard InChI is InChI=1S/C32H36F3N5O5S/c1-30(2,3)45-29(43)40-11-10-39(16-22(40)17-41)28-37-27(42)26(46-28)23(18-7-9-25-20(12-18)15-36-38-25)13-19-6-8-21(31(4,5)44)14-24(19)32(33,34)35/h6-9,12-15,22,41-42,44H,10-11,16-17H2,1-5H3,(H,36,38). The van der Waals surface area contributed by atoms with Crippen LogP contribution in [0, 0.1) is 0 Å². The quantitative estimate of drug-likeness (QED) is 0.186. The molecule has 0 saturated carbocycles. The van der Waals surface area contributed by atoms with Gasteiger partial charge < -0.3 is 25.0 Å². The number of carbonyl (C=O) groups excluding carboxylic acids is 1. The minimum Gasteiger partial charge on any atom is -0.492 e. The molecule has 46 heavy (non-hydrogen) atoms. The molecule has 246 valence electrons. The van der Waals surface area contributed by atoms with Gasteiger partial charge in [-0.15, -0.1) is 0 Å². The van der Waals surface area contributed by atoms with E-state index in [0.29, 0.717) is 22.6 Å². The van der Waals surface area contributed by atoms with E-state index in [2.05, 4.69) is 15.2 Å². The summed E-state index contributed by atoms with van der Waals surface area (Å²) in [7, 11) is 0. The fourth-order valence-corrected chi connectivity index (χ4v) is 6.25. The highest BCUT2D eigenvalue weighted by molar-refractivity contribution is 7.17. The van der Waals surface area contributed by atoms with Crippen molar-refractivity contribution in [3.05, 3.63) is 69.7 Å². The first kappa shape index (κ1) is 33.2. The van der Waals surface area contributed by atoms with E-state index in [9.17, 15) is 33.3 Å². The van der Waals surface area contributed by atoms with Crippen LogP contribution in [0.1, 0.15) is 61.7 Å². The Labute approximate surface area is 267 Å². The van der Waals surface area contributed by atoms with Crippen LogP contribution in [0.15, 0.2) is 42.6 Å². The predicted octanol–water partition coefficient (Wildman–Crippen LogP) is 5.98. The lowest BCUT2D eigenvalue weighted by atomic mass is 9.92. The maximum atomic E-state index is 14.4. The zero-order chi connectivity index (χ0) is 33.6. The van der Waals surface area contributed by atoms with Crippen molar-refractivity contribution in [2.75, 3.05) is 31.1 Å². The van der Waals surface area contributed by atoms with Gasteiger partial charge in [-0.3, -0.25) is 10.00 Å². The van der Waals surface area contributed by atoms with Crippen molar-refractivity contribution in [3.63, 3.8) is 0 Å². The molecule has 4 N–H and O–H groups in total. The van der Waals surface area contributed by atoms with Gasteiger partial charge in [0.1, 0.15) is 10.5 Å². The smallest absolute Gasteiger partial charge is 0.416 e. The summed E-state index contributed by atoms with van der Waals surface area (Å²) in [6.45, 7) is 8.48. The summed E-state index contributed by atoms with van der Waals surface area (Å²) in [5.41, 5.74) is -1.69. The van der Waals surface area contributed by atoms with Gasteiger partial charge in [-0.2, -0.15) is 23.3 Å². The minimum atomic E-state index is -4.74. The molecule has 1 saturated heterocycles. The minimum absolute atomic E-state index is 0.102. The van der Waals surface area contributed by atoms with Gasteiger partial charge in [0, 0.05) is 30.6 Å². The Bertz CT molecular complexity index is 1770. The number of rotatable bonds is 6. The second kappa shape index (κ2) is 12.2. The number of hydrogen-bond acceptors (Lipinski definition) is 9. The number of aliphatic hydroxyl groups is 2. The number of aromatic nitrogens is 3. The summed E-state index contributed by atoms with van der Waals surface area (Å²) in [6, 6.07) is 8.27.